The molecule has 0 aliphatic carbocycles. The maximum Gasteiger partial charge on any atom is 0.164 e. The number of rotatable bonds is 4. The Kier molecular flexibility index (Phi) is 5.78. The molecule has 0 saturated carbocycles. The van der Waals surface area contributed by atoms with Crippen LogP contribution in [0.5, 0.6) is 0 Å². The number of para-hydroxylation sites is 1. The molecule has 2 aromatic heterocycles. The van der Waals surface area contributed by atoms with Crippen molar-refractivity contribution in [3.8, 4) is 45.3 Å². The van der Waals surface area contributed by atoms with Crippen molar-refractivity contribution in [2.75, 3.05) is 0 Å². The second kappa shape index (κ2) is 10.2. The van der Waals surface area contributed by atoms with Gasteiger partial charge in [-0.2, -0.15) is 0 Å². The summed E-state index contributed by atoms with van der Waals surface area (Å²) in [6.07, 6.45) is 0. The first-order valence-corrected chi connectivity index (χ1v) is 15.0. The summed E-state index contributed by atoms with van der Waals surface area (Å²) < 4.78 is 6.36. The van der Waals surface area contributed by atoms with Crippen molar-refractivity contribution in [2.24, 2.45) is 0 Å². The molecule has 45 heavy (non-hydrogen) atoms. The van der Waals surface area contributed by atoms with Gasteiger partial charge in [-0.3, -0.25) is 0 Å². The van der Waals surface area contributed by atoms with E-state index in [-0.39, 0.29) is 0 Å². The lowest BCUT2D eigenvalue weighted by Crippen LogP contribution is -2.00. The third kappa shape index (κ3) is 4.35. The zero-order chi connectivity index (χ0) is 29.7. The Balaban J connectivity index is 1.22. The topological polar surface area (TPSA) is 51.8 Å². The van der Waals surface area contributed by atoms with Gasteiger partial charge in [0.05, 0.1) is 0 Å². The monoisotopic (exact) mass is 575 g/mol. The molecule has 0 saturated heterocycles. The van der Waals surface area contributed by atoms with Crippen molar-refractivity contribution in [1.82, 2.24) is 15.0 Å². The van der Waals surface area contributed by atoms with Crippen LogP contribution in [0.15, 0.2) is 156 Å². The molecule has 7 aromatic carbocycles. The van der Waals surface area contributed by atoms with Crippen LogP contribution in [0.2, 0.25) is 0 Å². The van der Waals surface area contributed by atoms with E-state index in [9.17, 15) is 0 Å². The normalized spacial score (nSPS) is 11.6. The minimum atomic E-state index is 0.607. The second-order valence-electron chi connectivity index (χ2n) is 11.3. The van der Waals surface area contributed by atoms with Gasteiger partial charge in [0.1, 0.15) is 11.2 Å². The van der Waals surface area contributed by atoms with E-state index in [0.717, 1.165) is 55.0 Å². The maximum absolute atomic E-state index is 6.36. The molecule has 0 unspecified atom stereocenters. The lowest BCUT2D eigenvalue weighted by atomic mass is 9.98. The van der Waals surface area contributed by atoms with Crippen LogP contribution in [0.1, 0.15) is 0 Å². The van der Waals surface area contributed by atoms with E-state index in [2.05, 4.69) is 109 Å². The van der Waals surface area contributed by atoms with E-state index in [1.165, 1.54) is 16.3 Å². The van der Waals surface area contributed by atoms with Crippen LogP contribution in [0.3, 0.4) is 0 Å². The van der Waals surface area contributed by atoms with Crippen molar-refractivity contribution in [3.05, 3.63) is 152 Å². The third-order valence-electron chi connectivity index (χ3n) is 8.52. The number of nitrogens with zero attached hydrogens (tertiary/aromatic N) is 3. The minimum absolute atomic E-state index is 0.607. The molecule has 0 bridgehead atoms. The lowest BCUT2D eigenvalue weighted by Gasteiger charge is -2.11. The fraction of sp³-hybridized carbons (Fsp3) is 0. The van der Waals surface area contributed by atoms with E-state index in [0.29, 0.717) is 17.5 Å². The molecule has 4 heteroatoms. The number of furan rings is 1. The zero-order valence-electron chi connectivity index (χ0n) is 24.2. The highest BCUT2D eigenvalue weighted by molar-refractivity contribution is 6.21. The van der Waals surface area contributed by atoms with Crippen LogP contribution in [-0.2, 0) is 0 Å². The minimum Gasteiger partial charge on any atom is -0.456 e. The van der Waals surface area contributed by atoms with Gasteiger partial charge in [0.15, 0.2) is 17.5 Å². The molecule has 0 N–H and O–H groups in total. The van der Waals surface area contributed by atoms with Crippen molar-refractivity contribution >= 4 is 43.5 Å². The van der Waals surface area contributed by atoms with Gasteiger partial charge in [-0.15, -0.1) is 0 Å². The van der Waals surface area contributed by atoms with E-state index in [1.807, 2.05) is 42.5 Å². The number of fused-ring (bicyclic) bond motifs is 6. The summed E-state index contributed by atoms with van der Waals surface area (Å²) in [6, 6.07) is 52.2. The number of benzene rings is 7. The van der Waals surface area contributed by atoms with Crippen LogP contribution < -0.4 is 0 Å². The Morgan fingerprint density at radius 3 is 1.73 bits per heavy atom. The zero-order valence-corrected chi connectivity index (χ0v) is 24.2. The van der Waals surface area contributed by atoms with Crippen LogP contribution in [0.4, 0.5) is 0 Å². The van der Waals surface area contributed by atoms with E-state index in [1.54, 1.807) is 0 Å². The Morgan fingerprint density at radius 2 is 0.933 bits per heavy atom. The Labute approximate surface area is 259 Å². The predicted octanol–water partition coefficient (Wildman–Crippen LogP) is 10.7. The molecule has 210 valence electrons. The summed E-state index contributed by atoms with van der Waals surface area (Å²) in [4.78, 5) is 15.1. The van der Waals surface area contributed by atoms with Crippen LogP contribution in [-0.4, -0.2) is 15.0 Å². The lowest BCUT2D eigenvalue weighted by molar-refractivity contribution is 0.669. The molecular formula is C41H25N3O. The van der Waals surface area contributed by atoms with Crippen molar-refractivity contribution in [1.29, 1.82) is 0 Å². The molecule has 9 rings (SSSR count). The summed E-state index contributed by atoms with van der Waals surface area (Å²) >= 11 is 0. The van der Waals surface area contributed by atoms with Gasteiger partial charge >= 0.3 is 0 Å². The molecule has 0 amide bonds. The first-order valence-electron chi connectivity index (χ1n) is 15.0. The van der Waals surface area contributed by atoms with Crippen molar-refractivity contribution in [2.45, 2.75) is 0 Å². The van der Waals surface area contributed by atoms with Gasteiger partial charge in [-0.1, -0.05) is 133 Å². The highest BCUT2D eigenvalue weighted by atomic mass is 16.3. The largest absolute Gasteiger partial charge is 0.456 e. The van der Waals surface area contributed by atoms with Crippen LogP contribution >= 0.6 is 0 Å². The average Bonchev–Trinajstić information content (AvgIpc) is 3.50. The van der Waals surface area contributed by atoms with Gasteiger partial charge < -0.3 is 4.42 Å². The van der Waals surface area contributed by atoms with Gasteiger partial charge in [0.2, 0.25) is 0 Å². The van der Waals surface area contributed by atoms with Gasteiger partial charge in [-0.25, -0.2) is 15.0 Å². The standard InChI is InChI=1S/C41H25N3O/c1-2-11-28(12-3-1)39-42-40(29-21-18-27(19-22-29)31-23-20-26-10-4-5-13-30(26)24-31)44-41(43-39)35-25-37-38(33-15-7-6-14-32(33)35)34-16-8-9-17-36(34)45-37/h1-25H. The van der Waals surface area contributed by atoms with Gasteiger partial charge in [0.25, 0.3) is 0 Å². The van der Waals surface area contributed by atoms with Gasteiger partial charge in [0, 0.05) is 27.5 Å². The summed E-state index contributed by atoms with van der Waals surface area (Å²) in [7, 11) is 0. The molecule has 4 nitrogen and oxygen atoms in total. The molecule has 0 spiro atoms. The number of hydrogen-bond acceptors (Lipinski definition) is 4. The molecule has 0 atom stereocenters. The Bertz CT molecular complexity index is 2530. The van der Waals surface area contributed by atoms with E-state index in [4.69, 9.17) is 19.4 Å². The summed E-state index contributed by atoms with van der Waals surface area (Å²) in [6.45, 7) is 0. The smallest absolute Gasteiger partial charge is 0.164 e. The van der Waals surface area contributed by atoms with Gasteiger partial charge in [-0.05, 0) is 50.9 Å². The molecule has 2 heterocycles. The molecular weight excluding hydrogens is 550 g/mol. The maximum atomic E-state index is 6.36. The molecule has 0 radical (unpaired) electrons. The third-order valence-corrected chi connectivity index (χ3v) is 8.52. The van der Waals surface area contributed by atoms with E-state index < -0.39 is 0 Å². The highest BCUT2D eigenvalue weighted by Crippen LogP contribution is 2.39. The summed E-state index contributed by atoms with van der Waals surface area (Å²) in [5.74, 6) is 1.86. The fourth-order valence-corrected chi connectivity index (χ4v) is 6.30. The van der Waals surface area contributed by atoms with Crippen molar-refractivity contribution < 1.29 is 4.42 Å². The van der Waals surface area contributed by atoms with E-state index >= 15 is 0 Å². The molecule has 0 aliphatic heterocycles. The van der Waals surface area contributed by atoms with Crippen molar-refractivity contribution in [3.63, 3.8) is 0 Å². The SMILES string of the molecule is c1ccc(-c2nc(-c3ccc(-c4ccc5ccccc5c4)cc3)nc(-c3cc4oc5ccccc5c4c4ccccc34)n2)cc1. The molecule has 0 aliphatic rings. The fourth-order valence-electron chi connectivity index (χ4n) is 6.30. The average molecular weight is 576 g/mol. The first-order chi connectivity index (χ1) is 22.3. The summed E-state index contributed by atoms with van der Waals surface area (Å²) in [5.41, 5.74) is 6.76. The summed E-state index contributed by atoms with van der Waals surface area (Å²) in [5, 5.41) is 6.84. The molecule has 0 fully saturated rings. The van der Waals surface area contributed by atoms with Crippen LogP contribution in [0.25, 0.3) is 88.8 Å². The van der Waals surface area contributed by atoms with Crippen LogP contribution in [0, 0.1) is 0 Å². The second-order valence-corrected chi connectivity index (χ2v) is 11.3. The Morgan fingerprint density at radius 1 is 0.356 bits per heavy atom. The number of hydrogen-bond donors (Lipinski definition) is 0. The molecule has 9 aromatic rings. The quantitative estimate of drug-likeness (QED) is 0.209. The first kappa shape index (κ1) is 25.4. The number of aromatic nitrogens is 3. The highest BCUT2D eigenvalue weighted by Gasteiger charge is 2.18. The Hall–Kier alpha value is -6.13. The predicted molar refractivity (Wildman–Crippen MR) is 184 cm³/mol.